The second-order valence-corrected chi connectivity index (χ2v) is 9.41. The van der Waals surface area contributed by atoms with Gasteiger partial charge in [-0.05, 0) is 55.9 Å². The lowest BCUT2D eigenvalue weighted by molar-refractivity contribution is -0.132. The van der Waals surface area contributed by atoms with E-state index in [1.54, 1.807) is 23.2 Å². The largest absolute Gasteiger partial charge is 0.355 e. The number of hydrogen-bond donors (Lipinski definition) is 1. The number of aromatic nitrogens is 1. The molecule has 6 nitrogen and oxygen atoms in total. The van der Waals surface area contributed by atoms with Crippen LogP contribution in [-0.2, 0) is 4.79 Å². The van der Waals surface area contributed by atoms with E-state index in [4.69, 9.17) is 0 Å². The molecule has 32 heavy (non-hydrogen) atoms. The lowest BCUT2D eigenvalue weighted by Gasteiger charge is -2.32. The number of nitrogens with one attached hydrogen (secondary N) is 1. The minimum atomic E-state index is -0.573. The third-order valence-corrected chi connectivity index (χ3v) is 7.25. The number of nitrogens with zero attached hydrogens (tertiary/aromatic N) is 3. The van der Waals surface area contributed by atoms with Crippen molar-refractivity contribution in [1.29, 1.82) is 0 Å². The molecule has 0 radical (unpaired) electrons. The summed E-state index contributed by atoms with van der Waals surface area (Å²) in [6, 6.07) is 11.9. The van der Waals surface area contributed by atoms with E-state index in [2.05, 4.69) is 15.2 Å². The first-order valence-corrected chi connectivity index (χ1v) is 11.5. The average Bonchev–Trinajstić information content (AvgIpc) is 3.60. The van der Waals surface area contributed by atoms with Crippen molar-refractivity contribution in [3.05, 3.63) is 60.0 Å². The fraction of sp³-hybridized carbons (Fsp3) is 0.480. The van der Waals surface area contributed by atoms with Crippen LogP contribution < -0.4 is 10.2 Å². The highest BCUT2D eigenvalue weighted by molar-refractivity contribution is 5.94. The van der Waals surface area contributed by atoms with Gasteiger partial charge in [-0.3, -0.25) is 9.59 Å². The van der Waals surface area contributed by atoms with E-state index < -0.39 is 11.2 Å². The Hall–Kier alpha value is -2.96. The van der Waals surface area contributed by atoms with Crippen LogP contribution in [0.1, 0.15) is 36.0 Å². The van der Waals surface area contributed by atoms with Crippen LogP contribution in [0.4, 0.5) is 10.2 Å². The number of halogens is 1. The maximum absolute atomic E-state index is 14.3. The van der Waals surface area contributed by atoms with Crippen molar-refractivity contribution >= 4 is 17.6 Å². The van der Waals surface area contributed by atoms with Gasteiger partial charge in [0.15, 0.2) is 0 Å². The SMILES string of the molecule is O=C(c1ccccc1F)N1CCC[C@]2(C(=O)NCC3CC3)CN(c3ccccn3)C[C@@H]2C1. The van der Waals surface area contributed by atoms with Crippen molar-refractivity contribution in [1.82, 2.24) is 15.2 Å². The van der Waals surface area contributed by atoms with Gasteiger partial charge in [-0.25, -0.2) is 9.37 Å². The summed E-state index contributed by atoms with van der Waals surface area (Å²) in [6.07, 6.45) is 5.54. The molecule has 3 heterocycles. The predicted molar refractivity (Wildman–Crippen MR) is 120 cm³/mol. The van der Waals surface area contributed by atoms with Crippen molar-refractivity contribution in [3.8, 4) is 0 Å². The fourth-order valence-corrected chi connectivity index (χ4v) is 5.24. The standard InChI is InChI=1S/C25H29FN4O2/c26-21-7-2-1-6-20(21)23(31)29-13-5-11-25(24(32)28-14-18-9-10-18)17-30(16-19(25)15-29)22-8-3-4-12-27-22/h1-4,6-8,12,18-19H,5,9-11,13-17H2,(H,28,32)/t19-,25-/m0/s1. The number of carbonyl (C=O) groups excluding carboxylic acids is 2. The first-order chi connectivity index (χ1) is 15.6. The summed E-state index contributed by atoms with van der Waals surface area (Å²) in [6.45, 7) is 2.94. The van der Waals surface area contributed by atoms with Crippen LogP contribution in [0, 0.1) is 23.1 Å². The van der Waals surface area contributed by atoms with Gasteiger partial charge in [-0.2, -0.15) is 0 Å². The van der Waals surface area contributed by atoms with Gasteiger partial charge in [-0.15, -0.1) is 0 Å². The summed E-state index contributed by atoms with van der Waals surface area (Å²) in [7, 11) is 0. The van der Waals surface area contributed by atoms with E-state index in [1.165, 1.54) is 25.0 Å². The van der Waals surface area contributed by atoms with Crippen LogP contribution >= 0.6 is 0 Å². The Balaban J connectivity index is 1.41. The number of fused-ring (bicyclic) bond motifs is 1. The number of rotatable bonds is 5. The Morgan fingerprint density at radius 2 is 1.94 bits per heavy atom. The molecule has 1 saturated carbocycles. The minimum absolute atomic E-state index is 0.0399. The molecule has 1 aromatic heterocycles. The van der Waals surface area contributed by atoms with E-state index in [0.29, 0.717) is 44.9 Å². The molecule has 2 aromatic rings. The Labute approximate surface area is 187 Å². The number of benzene rings is 1. The fourth-order valence-electron chi connectivity index (χ4n) is 5.24. The van der Waals surface area contributed by atoms with Crippen LogP contribution in [0.5, 0.6) is 0 Å². The van der Waals surface area contributed by atoms with E-state index in [9.17, 15) is 14.0 Å². The molecule has 5 rings (SSSR count). The number of anilines is 1. The number of hydrogen-bond acceptors (Lipinski definition) is 4. The van der Waals surface area contributed by atoms with Gasteiger partial charge in [0.25, 0.3) is 5.91 Å². The Kier molecular flexibility index (Phi) is 5.57. The molecule has 168 valence electrons. The normalized spacial score (nSPS) is 25.2. The van der Waals surface area contributed by atoms with Crippen LogP contribution in [-0.4, -0.2) is 54.4 Å². The molecule has 2 atom stereocenters. The van der Waals surface area contributed by atoms with Crippen molar-refractivity contribution in [2.45, 2.75) is 25.7 Å². The van der Waals surface area contributed by atoms with Crippen LogP contribution in [0.15, 0.2) is 48.7 Å². The Morgan fingerprint density at radius 1 is 1.12 bits per heavy atom. The topological polar surface area (TPSA) is 65.5 Å². The molecular formula is C25H29FN4O2. The molecule has 2 saturated heterocycles. The predicted octanol–water partition coefficient (Wildman–Crippen LogP) is 3.11. The van der Waals surface area contributed by atoms with E-state index in [-0.39, 0.29) is 23.3 Å². The quantitative estimate of drug-likeness (QED) is 0.782. The highest BCUT2D eigenvalue weighted by Crippen LogP contribution is 2.44. The Morgan fingerprint density at radius 3 is 2.69 bits per heavy atom. The summed E-state index contributed by atoms with van der Waals surface area (Å²) in [5.74, 6) is 0.703. The van der Waals surface area contributed by atoms with Crippen molar-refractivity contribution in [3.63, 3.8) is 0 Å². The highest BCUT2D eigenvalue weighted by Gasteiger charge is 2.54. The molecule has 2 amide bonds. The molecule has 1 aliphatic carbocycles. The average molecular weight is 437 g/mol. The van der Waals surface area contributed by atoms with Crippen LogP contribution in [0.25, 0.3) is 0 Å². The zero-order valence-corrected chi connectivity index (χ0v) is 18.2. The van der Waals surface area contributed by atoms with Crippen molar-refractivity contribution < 1.29 is 14.0 Å². The van der Waals surface area contributed by atoms with E-state index >= 15 is 0 Å². The molecule has 0 spiro atoms. The van der Waals surface area contributed by atoms with Crippen LogP contribution in [0.3, 0.4) is 0 Å². The summed E-state index contributed by atoms with van der Waals surface area (Å²) in [5.41, 5.74) is -0.478. The van der Waals surface area contributed by atoms with Gasteiger partial charge < -0.3 is 15.1 Å². The highest BCUT2D eigenvalue weighted by atomic mass is 19.1. The molecule has 1 aromatic carbocycles. The first-order valence-electron chi connectivity index (χ1n) is 11.5. The number of carbonyl (C=O) groups is 2. The van der Waals surface area contributed by atoms with Gasteiger partial charge in [0.2, 0.25) is 5.91 Å². The first kappa shape index (κ1) is 20.9. The molecule has 0 unspecified atom stereocenters. The third-order valence-electron chi connectivity index (χ3n) is 7.25. The molecule has 7 heteroatoms. The Bertz CT molecular complexity index is 996. The second-order valence-electron chi connectivity index (χ2n) is 9.41. The summed E-state index contributed by atoms with van der Waals surface area (Å²) >= 11 is 0. The summed E-state index contributed by atoms with van der Waals surface area (Å²) in [4.78, 5) is 35.1. The lowest BCUT2D eigenvalue weighted by atomic mass is 9.74. The monoisotopic (exact) mass is 436 g/mol. The summed E-state index contributed by atoms with van der Waals surface area (Å²) < 4.78 is 14.3. The number of likely N-dealkylation sites (tertiary alicyclic amines) is 1. The molecular weight excluding hydrogens is 407 g/mol. The van der Waals surface area contributed by atoms with Gasteiger partial charge in [0.05, 0.1) is 11.0 Å². The van der Waals surface area contributed by atoms with Crippen molar-refractivity contribution in [2.24, 2.45) is 17.3 Å². The van der Waals surface area contributed by atoms with Gasteiger partial charge in [0, 0.05) is 44.8 Å². The van der Waals surface area contributed by atoms with E-state index in [1.807, 2.05) is 18.2 Å². The maximum atomic E-state index is 14.3. The van der Waals surface area contributed by atoms with E-state index in [0.717, 1.165) is 12.4 Å². The molecule has 1 N–H and O–H groups in total. The zero-order chi connectivity index (χ0) is 22.1. The zero-order valence-electron chi connectivity index (χ0n) is 18.2. The third kappa shape index (κ3) is 3.96. The molecule has 3 fully saturated rings. The van der Waals surface area contributed by atoms with Crippen LogP contribution in [0.2, 0.25) is 0 Å². The maximum Gasteiger partial charge on any atom is 0.256 e. The van der Waals surface area contributed by atoms with Crippen molar-refractivity contribution in [2.75, 3.05) is 37.6 Å². The number of amides is 2. The summed E-state index contributed by atoms with van der Waals surface area (Å²) in [5, 5.41) is 3.21. The minimum Gasteiger partial charge on any atom is -0.355 e. The van der Waals surface area contributed by atoms with Gasteiger partial charge in [0.1, 0.15) is 11.6 Å². The molecule has 2 aliphatic heterocycles. The lowest BCUT2D eigenvalue weighted by Crippen LogP contribution is -2.48. The van der Waals surface area contributed by atoms with Gasteiger partial charge in [-0.1, -0.05) is 18.2 Å². The smallest absolute Gasteiger partial charge is 0.256 e. The number of pyridine rings is 1. The molecule has 3 aliphatic rings. The molecule has 0 bridgehead atoms. The second kappa shape index (κ2) is 8.52. The van der Waals surface area contributed by atoms with Gasteiger partial charge >= 0.3 is 0 Å².